The van der Waals surface area contributed by atoms with Gasteiger partial charge in [0.1, 0.15) is 17.9 Å². The van der Waals surface area contributed by atoms with Gasteiger partial charge in [0, 0.05) is 62.4 Å². The number of hydrogen-bond acceptors (Lipinski definition) is 9. The second-order valence-corrected chi connectivity index (χ2v) is 15.5. The molecule has 0 spiro atoms. The Hall–Kier alpha value is -2.84. The third-order valence-electron chi connectivity index (χ3n) is 7.92. The van der Waals surface area contributed by atoms with Crippen LogP contribution in [0.25, 0.3) is 0 Å². The lowest BCUT2D eigenvalue weighted by Crippen LogP contribution is -2.52. The first kappa shape index (κ1) is 30.6. The molecule has 2 aliphatic heterocycles. The van der Waals surface area contributed by atoms with Crippen LogP contribution in [0.4, 0.5) is 28.8 Å². The summed E-state index contributed by atoms with van der Waals surface area (Å²) < 4.78 is 19.1. The molecule has 3 aromatic rings. The molecule has 11 heteroatoms. The summed E-state index contributed by atoms with van der Waals surface area (Å²) in [4.78, 5) is 16.6. The van der Waals surface area contributed by atoms with Crippen LogP contribution in [-0.4, -0.2) is 91.6 Å². The highest BCUT2D eigenvalue weighted by Gasteiger charge is 2.28. The predicted octanol–water partition coefficient (Wildman–Crippen LogP) is 5.87. The maximum absolute atomic E-state index is 12.8. The Labute approximate surface area is 255 Å². The maximum atomic E-state index is 12.8. The number of nitrogens with one attached hydrogen (secondary N) is 2. The molecular weight excluding hydrogens is 569 g/mol. The first-order valence-corrected chi connectivity index (χ1v) is 17.7. The molecule has 0 bridgehead atoms. The van der Waals surface area contributed by atoms with E-state index in [-0.39, 0.29) is 6.10 Å². The van der Waals surface area contributed by atoms with Crippen LogP contribution in [-0.2, 0) is 4.57 Å². The molecule has 3 heterocycles. The second-order valence-electron chi connectivity index (χ2n) is 11.9. The number of nitrogens with zero attached hydrogens (tertiary/aromatic N) is 5. The Morgan fingerprint density at radius 1 is 1.00 bits per heavy atom. The van der Waals surface area contributed by atoms with Crippen LogP contribution in [0.2, 0.25) is 5.02 Å². The van der Waals surface area contributed by atoms with Gasteiger partial charge in [0.25, 0.3) is 0 Å². The summed E-state index contributed by atoms with van der Waals surface area (Å²) in [7, 11) is -0.298. The van der Waals surface area contributed by atoms with E-state index in [2.05, 4.69) is 48.4 Å². The van der Waals surface area contributed by atoms with Crippen molar-refractivity contribution >= 4 is 52.9 Å². The molecule has 2 fully saturated rings. The van der Waals surface area contributed by atoms with E-state index in [0.717, 1.165) is 74.5 Å². The minimum Gasteiger partial charge on any atom is -0.489 e. The molecule has 2 saturated heterocycles. The van der Waals surface area contributed by atoms with E-state index in [1.54, 1.807) is 19.5 Å². The van der Waals surface area contributed by atoms with Gasteiger partial charge in [-0.2, -0.15) is 4.98 Å². The molecule has 2 aliphatic rings. The normalized spacial score (nSPS) is 17.5. The minimum absolute atomic E-state index is 0.0395. The third-order valence-corrected chi connectivity index (χ3v) is 9.75. The Bertz CT molecular complexity index is 1420. The van der Waals surface area contributed by atoms with Crippen LogP contribution >= 0.6 is 18.7 Å². The monoisotopic (exact) mass is 611 g/mol. The molecule has 0 atom stereocenters. The molecule has 1 aromatic heterocycles. The average Bonchev–Trinajstić information content (AvgIpc) is 2.95. The molecule has 5 rings (SSSR count). The van der Waals surface area contributed by atoms with Crippen LogP contribution in [0.3, 0.4) is 0 Å². The molecule has 0 amide bonds. The molecule has 2 N–H and O–H groups in total. The van der Waals surface area contributed by atoms with Gasteiger partial charge >= 0.3 is 0 Å². The van der Waals surface area contributed by atoms with Gasteiger partial charge in [0.15, 0.2) is 5.82 Å². The quantitative estimate of drug-likeness (QED) is 0.289. The number of piperazine rings is 1. The second kappa shape index (κ2) is 13.2. The van der Waals surface area contributed by atoms with Gasteiger partial charge < -0.3 is 29.7 Å². The zero-order valence-electron chi connectivity index (χ0n) is 25.3. The highest BCUT2D eigenvalue weighted by molar-refractivity contribution is 7.70. The maximum Gasteiger partial charge on any atom is 0.229 e. The summed E-state index contributed by atoms with van der Waals surface area (Å²) in [6.45, 7) is 14.3. The first-order valence-electron chi connectivity index (χ1n) is 14.8. The van der Waals surface area contributed by atoms with Gasteiger partial charge in [-0.1, -0.05) is 23.7 Å². The number of likely N-dealkylation sites (N-methyl/N-ethyl adjacent to an activating group) is 1. The summed E-state index contributed by atoms with van der Waals surface area (Å²) in [5.74, 6) is 1.68. The largest absolute Gasteiger partial charge is 0.489 e. The van der Waals surface area contributed by atoms with Crippen molar-refractivity contribution in [2.75, 3.05) is 75.2 Å². The van der Waals surface area contributed by atoms with Crippen LogP contribution in [0.1, 0.15) is 26.7 Å². The lowest BCUT2D eigenvalue weighted by atomic mass is 10.0. The first-order chi connectivity index (χ1) is 20.1. The fourth-order valence-electron chi connectivity index (χ4n) is 5.68. The molecule has 0 radical (unpaired) electrons. The Balaban J connectivity index is 1.31. The van der Waals surface area contributed by atoms with Crippen molar-refractivity contribution in [3.05, 3.63) is 53.7 Å². The number of para-hydroxylation sites is 1. The molecule has 0 unspecified atom stereocenters. The Morgan fingerprint density at radius 2 is 1.71 bits per heavy atom. The summed E-state index contributed by atoms with van der Waals surface area (Å²) in [5.41, 5.74) is 2.65. The summed E-state index contributed by atoms with van der Waals surface area (Å²) in [6.07, 6.45) is 3.92. The van der Waals surface area contributed by atoms with E-state index in [1.165, 1.54) is 0 Å². The van der Waals surface area contributed by atoms with Gasteiger partial charge in [0.05, 0.1) is 23.7 Å². The van der Waals surface area contributed by atoms with Gasteiger partial charge in [-0.05, 0) is 71.3 Å². The van der Waals surface area contributed by atoms with Crippen molar-refractivity contribution in [3.63, 3.8) is 0 Å². The van der Waals surface area contributed by atoms with Crippen molar-refractivity contribution < 1.29 is 9.30 Å². The third kappa shape index (κ3) is 7.56. The number of ether oxygens (including phenoxy) is 1. The number of halogens is 1. The fourth-order valence-corrected chi connectivity index (χ4v) is 6.97. The number of anilines is 5. The average molecular weight is 612 g/mol. The highest BCUT2D eigenvalue weighted by Crippen LogP contribution is 2.39. The highest BCUT2D eigenvalue weighted by atomic mass is 35.5. The van der Waals surface area contributed by atoms with Crippen molar-refractivity contribution in [2.45, 2.75) is 38.8 Å². The van der Waals surface area contributed by atoms with Gasteiger partial charge in [-0.15, -0.1) is 0 Å². The molecule has 0 aliphatic carbocycles. The van der Waals surface area contributed by atoms with Gasteiger partial charge in [0.2, 0.25) is 5.95 Å². The van der Waals surface area contributed by atoms with E-state index < -0.39 is 7.14 Å². The zero-order chi connectivity index (χ0) is 29.9. The summed E-state index contributed by atoms with van der Waals surface area (Å²) >= 11 is 6.46. The van der Waals surface area contributed by atoms with E-state index in [4.69, 9.17) is 16.3 Å². The standard InChI is InChI=1S/C31H43ClN7O2P/c1-22(2)41-28-20-23(10-11-27(28)39-14-12-24(13-15-39)38-18-16-37(3)17-19-38)34-31-33-21-25(32)30(36-31)35-26-8-6-7-9-29(26)42(4,5)40/h6-11,20-22,24H,12-19H2,1-5H3,(H2,33,34,35,36). The smallest absolute Gasteiger partial charge is 0.229 e. The minimum atomic E-state index is -2.51. The molecule has 2 aromatic carbocycles. The van der Waals surface area contributed by atoms with Crippen LogP contribution in [0.5, 0.6) is 5.75 Å². The van der Waals surface area contributed by atoms with E-state index in [0.29, 0.717) is 28.5 Å². The zero-order valence-corrected chi connectivity index (χ0v) is 27.0. The Kier molecular flexibility index (Phi) is 9.63. The molecule has 226 valence electrons. The molecule has 0 saturated carbocycles. The van der Waals surface area contributed by atoms with Crippen LogP contribution in [0.15, 0.2) is 48.7 Å². The molecule has 42 heavy (non-hydrogen) atoms. The lowest BCUT2D eigenvalue weighted by molar-refractivity contribution is 0.0981. The number of benzene rings is 2. The predicted molar refractivity (Wildman–Crippen MR) is 176 cm³/mol. The lowest BCUT2D eigenvalue weighted by Gasteiger charge is -2.42. The van der Waals surface area contributed by atoms with E-state index in [9.17, 15) is 4.57 Å². The van der Waals surface area contributed by atoms with Crippen molar-refractivity contribution in [3.8, 4) is 5.75 Å². The summed E-state index contributed by atoms with van der Waals surface area (Å²) in [5, 5.41) is 7.69. The molecular formula is C31H43ClN7O2P. The van der Waals surface area contributed by atoms with Gasteiger partial charge in [-0.25, -0.2) is 4.98 Å². The number of aromatic nitrogens is 2. The SMILES string of the molecule is CC(C)Oc1cc(Nc2ncc(Cl)c(Nc3ccccc3P(C)(C)=O)n2)ccc1N1CCC(N2CCN(C)CC2)CC1. The van der Waals surface area contributed by atoms with Gasteiger partial charge in [-0.3, -0.25) is 4.90 Å². The summed E-state index contributed by atoms with van der Waals surface area (Å²) in [6, 6.07) is 14.4. The number of rotatable bonds is 9. The van der Waals surface area contributed by atoms with Crippen molar-refractivity contribution in [2.24, 2.45) is 0 Å². The molecule has 9 nitrogen and oxygen atoms in total. The van der Waals surface area contributed by atoms with E-state index >= 15 is 0 Å². The van der Waals surface area contributed by atoms with Crippen LogP contribution < -0.4 is 25.6 Å². The van der Waals surface area contributed by atoms with E-state index in [1.807, 2.05) is 50.2 Å². The topological polar surface area (TPSA) is 85.9 Å². The fraction of sp³-hybridized carbons (Fsp3) is 0.484. The number of piperidine rings is 1. The van der Waals surface area contributed by atoms with Crippen molar-refractivity contribution in [1.29, 1.82) is 0 Å². The Morgan fingerprint density at radius 3 is 2.40 bits per heavy atom. The number of hydrogen-bond donors (Lipinski definition) is 2. The van der Waals surface area contributed by atoms with Crippen molar-refractivity contribution in [1.82, 2.24) is 19.8 Å². The van der Waals surface area contributed by atoms with Crippen LogP contribution in [0, 0.1) is 0 Å².